The number of nitrogens with one attached hydrogen (secondary N) is 2. The number of aliphatic imine (C=N–C) groups is 1. The van der Waals surface area contributed by atoms with Gasteiger partial charge in [0.15, 0.2) is 5.96 Å². The molecule has 5 heteroatoms. The van der Waals surface area contributed by atoms with Crippen molar-refractivity contribution in [3.05, 3.63) is 65.6 Å². The smallest absolute Gasteiger partial charge is 0.198 e. The molecule has 3 aromatic rings. The van der Waals surface area contributed by atoms with Crippen molar-refractivity contribution in [2.24, 2.45) is 4.99 Å². The number of fused-ring (bicyclic) bond motifs is 2. The Morgan fingerprint density at radius 1 is 1.28 bits per heavy atom. The van der Waals surface area contributed by atoms with Crippen molar-refractivity contribution in [3.8, 4) is 0 Å². The molecule has 1 aliphatic heterocycles. The molecule has 4 nitrogen and oxygen atoms in total. The Kier molecular flexibility index (Phi) is 4.14. The average molecular weight is 336 g/mol. The van der Waals surface area contributed by atoms with Gasteiger partial charge in [0.05, 0.1) is 0 Å². The first-order chi connectivity index (χ1) is 12.3. The Balaban J connectivity index is 1.44. The highest BCUT2D eigenvalue weighted by molar-refractivity contribution is 5.98. The third-order valence-electron chi connectivity index (χ3n) is 4.76. The summed E-state index contributed by atoms with van der Waals surface area (Å²) in [5.74, 6) is 0.682. The van der Waals surface area contributed by atoms with Crippen LogP contribution in [0, 0.1) is 5.82 Å². The molecule has 0 radical (unpaired) electrons. The Labute approximate surface area is 146 Å². The van der Waals surface area contributed by atoms with E-state index in [9.17, 15) is 4.39 Å². The molecule has 0 unspecified atom stereocenters. The number of aromatic amines is 1. The van der Waals surface area contributed by atoms with Gasteiger partial charge in [-0.05, 0) is 48.2 Å². The molecule has 4 rings (SSSR count). The van der Waals surface area contributed by atoms with E-state index in [1.807, 2.05) is 13.2 Å². The Bertz CT molecular complexity index is 928. The van der Waals surface area contributed by atoms with E-state index in [1.54, 1.807) is 12.1 Å². The van der Waals surface area contributed by atoms with Crippen molar-refractivity contribution in [3.63, 3.8) is 0 Å². The fraction of sp³-hybridized carbons (Fsp3) is 0.250. The van der Waals surface area contributed by atoms with Gasteiger partial charge in [0, 0.05) is 42.9 Å². The predicted molar refractivity (Wildman–Crippen MR) is 101 cm³/mol. The third kappa shape index (κ3) is 2.97. The molecule has 0 fully saturated rings. The summed E-state index contributed by atoms with van der Waals surface area (Å²) in [5, 5.41) is 4.39. The SMILES string of the molecule is CN=C(NCCc1c[nH]c2ccc(F)cc12)N1CCc2ccccc21. The minimum absolute atomic E-state index is 0.203. The Morgan fingerprint density at radius 3 is 3.04 bits per heavy atom. The number of guanidine groups is 1. The van der Waals surface area contributed by atoms with E-state index in [2.05, 4.69) is 44.5 Å². The number of halogens is 1. The molecule has 0 spiro atoms. The molecule has 1 aliphatic rings. The van der Waals surface area contributed by atoms with Crippen LogP contribution in [-0.2, 0) is 12.8 Å². The lowest BCUT2D eigenvalue weighted by Crippen LogP contribution is -2.41. The van der Waals surface area contributed by atoms with Crippen LogP contribution in [0.4, 0.5) is 10.1 Å². The first-order valence-electron chi connectivity index (χ1n) is 8.58. The van der Waals surface area contributed by atoms with E-state index in [-0.39, 0.29) is 5.82 Å². The zero-order valence-electron chi connectivity index (χ0n) is 14.2. The number of hydrogen-bond donors (Lipinski definition) is 2. The Morgan fingerprint density at radius 2 is 2.16 bits per heavy atom. The van der Waals surface area contributed by atoms with Gasteiger partial charge in [-0.1, -0.05) is 18.2 Å². The number of benzene rings is 2. The molecule has 0 saturated carbocycles. The number of hydrogen-bond acceptors (Lipinski definition) is 1. The highest BCUT2D eigenvalue weighted by Gasteiger charge is 2.22. The van der Waals surface area contributed by atoms with Gasteiger partial charge >= 0.3 is 0 Å². The Hall–Kier alpha value is -2.82. The highest BCUT2D eigenvalue weighted by atomic mass is 19.1. The van der Waals surface area contributed by atoms with Gasteiger partial charge in [-0.2, -0.15) is 0 Å². The lowest BCUT2D eigenvalue weighted by molar-refractivity contribution is 0.629. The zero-order chi connectivity index (χ0) is 17.2. The van der Waals surface area contributed by atoms with E-state index in [4.69, 9.17) is 0 Å². The summed E-state index contributed by atoms with van der Waals surface area (Å²) in [6.45, 7) is 1.69. The van der Waals surface area contributed by atoms with Crippen molar-refractivity contribution in [2.75, 3.05) is 25.0 Å². The summed E-state index contributed by atoms with van der Waals surface area (Å²) >= 11 is 0. The molecule has 0 bridgehead atoms. The van der Waals surface area contributed by atoms with Gasteiger partial charge in [0.25, 0.3) is 0 Å². The van der Waals surface area contributed by atoms with E-state index in [0.29, 0.717) is 0 Å². The number of para-hydroxylation sites is 1. The standard InChI is InChI=1S/C20H21FN4/c1-22-20(25-11-9-14-4-2-3-5-19(14)25)23-10-8-15-13-24-18-7-6-16(21)12-17(15)18/h2-7,12-13,24H,8-11H2,1H3,(H,22,23). The number of aromatic nitrogens is 1. The normalized spacial score (nSPS) is 14.2. The van der Waals surface area contributed by atoms with Gasteiger partial charge < -0.3 is 15.2 Å². The molecule has 25 heavy (non-hydrogen) atoms. The van der Waals surface area contributed by atoms with E-state index >= 15 is 0 Å². The summed E-state index contributed by atoms with van der Waals surface area (Å²) in [6, 6.07) is 13.3. The molecule has 0 aliphatic carbocycles. The maximum atomic E-state index is 13.5. The van der Waals surface area contributed by atoms with Gasteiger partial charge in [0.2, 0.25) is 0 Å². The quantitative estimate of drug-likeness (QED) is 0.568. The van der Waals surface area contributed by atoms with Crippen molar-refractivity contribution >= 4 is 22.5 Å². The molecule has 0 saturated heterocycles. The van der Waals surface area contributed by atoms with Gasteiger partial charge in [-0.25, -0.2) is 4.39 Å². The second-order valence-electron chi connectivity index (χ2n) is 6.26. The predicted octanol–water partition coefficient (Wildman–Crippen LogP) is 3.49. The fourth-order valence-electron chi connectivity index (χ4n) is 3.52. The first kappa shape index (κ1) is 15.7. The summed E-state index contributed by atoms with van der Waals surface area (Å²) in [7, 11) is 1.81. The van der Waals surface area contributed by atoms with Crippen molar-refractivity contribution in [1.82, 2.24) is 10.3 Å². The monoisotopic (exact) mass is 336 g/mol. The lowest BCUT2D eigenvalue weighted by Gasteiger charge is -2.22. The number of anilines is 1. The largest absolute Gasteiger partial charge is 0.361 e. The van der Waals surface area contributed by atoms with E-state index < -0.39 is 0 Å². The van der Waals surface area contributed by atoms with Crippen molar-refractivity contribution in [1.29, 1.82) is 0 Å². The van der Waals surface area contributed by atoms with Crippen LogP contribution in [-0.4, -0.2) is 31.1 Å². The van der Waals surface area contributed by atoms with Crippen LogP contribution >= 0.6 is 0 Å². The maximum absolute atomic E-state index is 13.5. The number of H-pyrrole nitrogens is 1. The van der Waals surface area contributed by atoms with Crippen LogP contribution in [0.1, 0.15) is 11.1 Å². The molecule has 1 aromatic heterocycles. The molecule has 0 atom stereocenters. The van der Waals surface area contributed by atoms with Crippen LogP contribution < -0.4 is 10.2 Å². The van der Waals surface area contributed by atoms with Gasteiger partial charge in [-0.3, -0.25) is 4.99 Å². The topological polar surface area (TPSA) is 43.4 Å². The molecule has 2 heterocycles. The molecule has 2 aromatic carbocycles. The first-order valence-corrected chi connectivity index (χ1v) is 8.58. The minimum Gasteiger partial charge on any atom is -0.361 e. The van der Waals surface area contributed by atoms with E-state index in [1.165, 1.54) is 17.3 Å². The maximum Gasteiger partial charge on any atom is 0.198 e. The molecular weight excluding hydrogens is 315 g/mol. The number of nitrogens with zero attached hydrogens (tertiary/aromatic N) is 2. The fourth-order valence-corrected chi connectivity index (χ4v) is 3.52. The van der Waals surface area contributed by atoms with Crippen LogP contribution in [0.15, 0.2) is 53.7 Å². The minimum atomic E-state index is -0.203. The molecular formula is C20H21FN4. The van der Waals surface area contributed by atoms with Crippen LogP contribution in [0.3, 0.4) is 0 Å². The average Bonchev–Trinajstić information content (AvgIpc) is 3.23. The summed E-state index contributed by atoms with van der Waals surface area (Å²) < 4.78 is 13.5. The summed E-state index contributed by atoms with van der Waals surface area (Å²) in [4.78, 5) is 9.85. The van der Waals surface area contributed by atoms with Crippen molar-refractivity contribution in [2.45, 2.75) is 12.8 Å². The zero-order valence-corrected chi connectivity index (χ0v) is 14.2. The summed E-state index contributed by atoms with van der Waals surface area (Å²) in [6.07, 6.45) is 3.80. The van der Waals surface area contributed by atoms with E-state index in [0.717, 1.165) is 48.4 Å². The molecule has 2 N–H and O–H groups in total. The van der Waals surface area contributed by atoms with Gasteiger partial charge in [-0.15, -0.1) is 0 Å². The molecule has 128 valence electrons. The summed E-state index contributed by atoms with van der Waals surface area (Å²) in [5.41, 5.74) is 4.66. The van der Waals surface area contributed by atoms with Crippen molar-refractivity contribution < 1.29 is 4.39 Å². The third-order valence-corrected chi connectivity index (χ3v) is 4.76. The second kappa shape index (κ2) is 6.59. The second-order valence-corrected chi connectivity index (χ2v) is 6.26. The lowest BCUT2D eigenvalue weighted by atomic mass is 10.1. The van der Waals surface area contributed by atoms with Crippen LogP contribution in [0.25, 0.3) is 10.9 Å². The number of rotatable bonds is 3. The molecule has 0 amide bonds. The highest BCUT2D eigenvalue weighted by Crippen LogP contribution is 2.27. The van der Waals surface area contributed by atoms with Crippen LogP contribution in [0.5, 0.6) is 0 Å². The van der Waals surface area contributed by atoms with Gasteiger partial charge in [0.1, 0.15) is 5.82 Å². The van der Waals surface area contributed by atoms with Crippen LogP contribution in [0.2, 0.25) is 0 Å².